The first-order valence-corrected chi connectivity index (χ1v) is 7.15. The van der Waals surface area contributed by atoms with Crippen LogP contribution in [0.4, 0.5) is 4.79 Å². The van der Waals surface area contributed by atoms with E-state index in [9.17, 15) is 9.59 Å². The molecule has 2 atom stereocenters. The molecule has 3 N–H and O–H groups in total. The second-order valence-electron chi connectivity index (χ2n) is 4.94. The maximum Gasteiger partial charge on any atom is 0.326 e. The first kappa shape index (κ1) is 13.9. The van der Waals surface area contributed by atoms with Crippen molar-refractivity contribution in [2.24, 2.45) is 5.92 Å². The predicted molar refractivity (Wildman–Crippen MR) is 73.3 cm³/mol. The molecule has 2 amide bonds. The monoisotopic (exact) mass is 282 g/mol. The fourth-order valence-corrected chi connectivity index (χ4v) is 2.83. The molecular formula is C13H18N2O3S. The van der Waals surface area contributed by atoms with Gasteiger partial charge < -0.3 is 15.7 Å². The zero-order chi connectivity index (χ0) is 14.0. The Hall–Kier alpha value is -1.56. The Morgan fingerprint density at radius 2 is 2.05 bits per heavy atom. The van der Waals surface area contributed by atoms with Crippen molar-refractivity contribution in [1.29, 1.82) is 0 Å². The predicted octanol–water partition coefficient (Wildman–Crippen LogP) is 2.28. The van der Waals surface area contributed by atoms with Crippen molar-refractivity contribution in [3.8, 4) is 0 Å². The minimum absolute atomic E-state index is 0.0857. The number of urea groups is 1. The number of amides is 2. The highest BCUT2D eigenvalue weighted by atomic mass is 32.1. The Morgan fingerprint density at radius 3 is 2.53 bits per heavy atom. The molecule has 104 valence electrons. The summed E-state index contributed by atoms with van der Waals surface area (Å²) >= 11 is 1.62. The van der Waals surface area contributed by atoms with E-state index in [1.54, 1.807) is 11.3 Å². The Labute approximate surface area is 116 Å². The van der Waals surface area contributed by atoms with E-state index in [0.29, 0.717) is 0 Å². The van der Waals surface area contributed by atoms with Crippen LogP contribution in [0.2, 0.25) is 0 Å². The van der Waals surface area contributed by atoms with Crippen LogP contribution in [0.3, 0.4) is 0 Å². The van der Waals surface area contributed by atoms with Gasteiger partial charge in [0.15, 0.2) is 0 Å². The first-order valence-electron chi connectivity index (χ1n) is 6.33. The zero-order valence-corrected chi connectivity index (χ0v) is 11.8. The van der Waals surface area contributed by atoms with Crippen LogP contribution in [0.15, 0.2) is 12.1 Å². The number of rotatable bonds is 5. The first-order chi connectivity index (χ1) is 8.97. The van der Waals surface area contributed by atoms with Gasteiger partial charge in [0.1, 0.15) is 6.04 Å². The van der Waals surface area contributed by atoms with Gasteiger partial charge in [0.25, 0.3) is 0 Å². The normalized spacial score (nSPS) is 17.6. The Morgan fingerprint density at radius 1 is 1.37 bits per heavy atom. The lowest BCUT2D eigenvalue weighted by Gasteiger charge is -2.17. The summed E-state index contributed by atoms with van der Waals surface area (Å²) in [5.74, 6) is -0.875. The number of aryl methyl sites for hydroxylation is 1. The molecule has 2 rings (SSSR count). The van der Waals surface area contributed by atoms with Gasteiger partial charge in [0.05, 0.1) is 6.04 Å². The van der Waals surface area contributed by atoms with Gasteiger partial charge in [0, 0.05) is 9.75 Å². The van der Waals surface area contributed by atoms with Gasteiger partial charge in [-0.25, -0.2) is 9.59 Å². The van der Waals surface area contributed by atoms with Crippen molar-refractivity contribution in [3.05, 3.63) is 21.9 Å². The number of carbonyl (C=O) groups is 2. The third-order valence-electron chi connectivity index (χ3n) is 3.18. The molecule has 2 unspecified atom stereocenters. The van der Waals surface area contributed by atoms with Crippen LogP contribution in [-0.2, 0) is 4.79 Å². The minimum Gasteiger partial charge on any atom is -0.480 e. The highest BCUT2D eigenvalue weighted by Crippen LogP contribution is 2.32. The van der Waals surface area contributed by atoms with E-state index in [0.717, 1.165) is 17.7 Å². The van der Waals surface area contributed by atoms with E-state index in [-0.39, 0.29) is 12.0 Å². The lowest BCUT2D eigenvalue weighted by atomic mass is 10.2. The summed E-state index contributed by atoms with van der Waals surface area (Å²) in [6, 6.07) is 2.67. The van der Waals surface area contributed by atoms with Crippen LogP contribution in [-0.4, -0.2) is 23.1 Å². The van der Waals surface area contributed by atoms with E-state index < -0.39 is 18.0 Å². The van der Waals surface area contributed by atoms with Crippen LogP contribution in [0.1, 0.15) is 35.6 Å². The molecule has 1 aromatic heterocycles. The van der Waals surface area contributed by atoms with Gasteiger partial charge in [-0.15, -0.1) is 11.3 Å². The summed E-state index contributed by atoms with van der Waals surface area (Å²) in [4.78, 5) is 25.1. The molecule has 0 spiro atoms. The largest absolute Gasteiger partial charge is 0.480 e. The number of carboxylic acid groups (broad SMARTS) is 1. The van der Waals surface area contributed by atoms with Crippen LogP contribution in [0, 0.1) is 12.8 Å². The molecule has 1 fully saturated rings. The molecule has 6 heteroatoms. The van der Waals surface area contributed by atoms with Crippen molar-refractivity contribution in [3.63, 3.8) is 0 Å². The number of nitrogens with one attached hydrogen (secondary N) is 2. The van der Waals surface area contributed by atoms with Crippen molar-refractivity contribution in [2.45, 2.75) is 38.8 Å². The summed E-state index contributed by atoms with van der Waals surface area (Å²) in [7, 11) is 0. The molecule has 0 radical (unpaired) electrons. The van der Waals surface area contributed by atoms with E-state index in [4.69, 9.17) is 5.11 Å². The SMILES string of the molecule is Cc1ccc(C(C)NC(=O)NC(C(=O)O)C2CC2)s1. The molecule has 0 saturated heterocycles. The zero-order valence-electron chi connectivity index (χ0n) is 11.0. The Kier molecular flexibility index (Phi) is 4.09. The van der Waals surface area contributed by atoms with E-state index in [1.807, 2.05) is 26.0 Å². The summed E-state index contributed by atoms with van der Waals surface area (Å²) in [6.45, 7) is 3.90. The molecule has 19 heavy (non-hydrogen) atoms. The van der Waals surface area contributed by atoms with Crippen LogP contribution < -0.4 is 10.6 Å². The van der Waals surface area contributed by atoms with Gasteiger partial charge in [-0.05, 0) is 44.7 Å². The van der Waals surface area contributed by atoms with Crippen LogP contribution in [0.5, 0.6) is 0 Å². The highest BCUT2D eigenvalue weighted by molar-refractivity contribution is 7.12. The van der Waals surface area contributed by atoms with Crippen molar-refractivity contribution in [1.82, 2.24) is 10.6 Å². The molecule has 1 aliphatic carbocycles. The Balaban J connectivity index is 1.88. The molecule has 1 aromatic rings. The third-order valence-corrected chi connectivity index (χ3v) is 4.36. The molecular weight excluding hydrogens is 264 g/mol. The quantitative estimate of drug-likeness (QED) is 0.775. The van der Waals surface area contributed by atoms with E-state index >= 15 is 0 Å². The number of thiophene rings is 1. The van der Waals surface area contributed by atoms with Crippen molar-refractivity contribution in [2.75, 3.05) is 0 Å². The number of hydrogen-bond acceptors (Lipinski definition) is 3. The van der Waals surface area contributed by atoms with Gasteiger partial charge in [0.2, 0.25) is 0 Å². The molecule has 1 aliphatic rings. The molecule has 1 heterocycles. The van der Waals surface area contributed by atoms with Crippen LogP contribution in [0.25, 0.3) is 0 Å². The summed E-state index contributed by atoms with van der Waals surface area (Å²) in [5, 5.41) is 14.4. The second-order valence-corrected chi connectivity index (χ2v) is 6.26. The smallest absolute Gasteiger partial charge is 0.326 e. The number of carbonyl (C=O) groups excluding carboxylic acids is 1. The average Bonchev–Trinajstić information content (AvgIpc) is 3.07. The summed E-state index contributed by atoms with van der Waals surface area (Å²) in [5.41, 5.74) is 0. The molecule has 0 aromatic carbocycles. The van der Waals surface area contributed by atoms with Crippen molar-refractivity contribution >= 4 is 23.3 Å². The van der Waals surface area contributed by atoms with Gasteiger partial charge in [-0.2, -0.15) is 0 Å². The Bertz CT molecular complexity index is 482. The lowest BCUT2D eigenvalue weighted by Crippen LogP contribution is -2.47. The minimum atomic E-state index is -0.961. The standard InChI is InChI=1S/C13H18N2O3S/c1-7-3-6-10(19-7)8(2)14-13(18)15-11(12(16)17)9-4-5-9/h3,6,8-9,11H,4-5H2,1-2H3,(H,16,17)(H2,14,15,18). The molecule has 1 saturated carbocycles. The number of hydrogen-bond donors (Lipinski definition) is 3. The summed E-state index contributed by atoms with van der Waals surface area (Å²) in [6.07, 6.45) is 1.74. The average molecular weight is 282 g/mol. The maximum absolute atomic E-state index is 11.8. The van der Waals surface area contributed by atoms with Gasteiger partial charge in [-0.1, -0.05) is 0 Å². The fraction of sp³-hybridized carbons (Fsp3) is 0.538. The van der Waals surface area contributed by atoms with E-state index in [1.165, 1.54) is 4.88 Å². The lowest BCUT2D eigenvalue weighted by molar-refractivity contribution is -0.139. The van der Waals surface area contributed by atoms with Crippen molar-refractivity contribution < 1.29 is 14.7 Å². The second kappa shape index (κ2) is 5.61. The number of carboxylic acids is 1. The fourth-order valence-electron chi connectivity index (χ4n) is 1.95. The molecule has 5 nitrogen and oxygen atoms in total. The topological polar surface area (TPSA) is 78.4 Å². The molecule has 0 bridgehead atoms. The number of aliphatic carboxylic acids is 1. The maximum atomic E-state index is 11.8. The van der Waals surface area contributed by atoms with Gasteiger partial charge in [-0.3, -0.25) is 0 Å². The van der Waals surface area contributed by atoms with Crippen LogP contribution >= 0.6 is 11.3 Å². The summed E-state index contributed by atoms with van der Waals surface area (Å²) < 4.78 is 0. The van der Waals surface area contributed by atoms with Gasteiger partial charge >= 0.3 is 12.0 Å². The highest BCUT2D eigenvalue weighted by Gasteiger charge is 2.37. The van der Waals surface area contributed by atoms with E-state index in [2.05, 4.69) is 10.6 Å². The third kappa shape index (κ3) is 3.70. The molecule has 0 aliphatic heterocycles.